The molecular formula is C98H103B2BrCl2IN5O17S5. The molecule has 3 aliphatic heterocycles. The van der Waals surface area contributed by atoms with Crippen LogP contribution in [0.4, 0.5) is 0 Å². The minimum absolute atomic E-state index is 0.197. The van der Waals surface area contributed by atoms with E-state index in [0.29, 0.717) is 58.0 Å². The highest BCUT2D eigenvalue weighted by Gasteiger charge is 2.54. The van der Waals surface area contributed by atoms with Gasteiger partial charge in [0.15, 0.2) is 0 Å². The van der Waals surface area contributed by atoms with Crippen LogP contribution >= 0.6 is 118 Å². The number of nitrogens with zero attached hydrogens (tertiary/aromatic N) is 5. The van der Waals surface area contributed by atoms with Crippen molar-refractivity contribution in [2.75, 3.05) is 42.0 Å². The standard InChI is InChI=1S/C29H28N2O3S.C19H17NO3S.C13H19BO4S.C13H19BO3.C12H10ClNO2S.C7H7BrO2S.C5H3ClIN/c1-18-7-10-27(34-16-20-8-9-22-15-31(3)12-11-21(22)14-20)23(13-18)25-5-4-6-26(30-25)24-17-35-28(19(24)2)29(32)33;1-11-7-8-17(21)13(9-11)15-5-4-6-16(20-15)14-10-24-18(12(14)2)19(22)23-3;1-8-9(7-19-10(8)11(15)16-6)14-17-12(2,3)13(4,5)18-14;1-9-6-7-11(15)10(8-9)14-16-12(2,3)13(4,5)17-14;1-7-8(6-17-11(7)12(15)16-2)9-4-3-5-10(13)14-9;1-4-5(8)3-11-6(4)7(9)10-2;6-4-2-1-3-5(7)8-4/h4-10,13-14,17H,11-12,15-16H2,1-3H3,(H,32,33);4-10,21H,1-3H3;7H,1-6H3;6-8,15H,1-5H3;3-6H,1-2H3;3H,1-2H3;1-3H. The van der Waals surface area contributed by atoms with Gasteiger partial charge in [-0.25, -0.2) is 43.9 Å². The number of carbonyl (C=O) groups is 5. The minimum Gasteiger partial charge on any atom is -0.508 e. The van der Waals surface area contributed by atoms with Crippen LogP contribution in [0.15, 0.2) is 177 Å². The van der Waals surface area contributed by atoms with Crippen LogP contribution in [0.1, 0.15) is 165 Å². The van der Waals surface area contributed by atoms with E-state index in [-0.39, 0.29) is 57.8 Å². The summed E-state index contributed by atoms with van der Waals surface area (Å²) in [5, 5.41) is 39.9. The van der Waals surface area contributed by atoms with E-state index < -0.39 is 20.2 Å². The summed E-state index contributed by atoms with van der Waals surface area (Å²) in [4.78, 5) is 80.3. The van der Waals surface area contributed by atoms with Gasteiger partial charge in [-0.1, -0.05) is 107 Å². The maximum Gasteiger partial charge on any atom is 0.498 e. The third-order valence-electron chi connectivity index (χ3n) is 22.5. The second kappa shape index (κ2) is 45.5. The number of halogens is 4. The van der Waals surface area contributed by atoms with Crippen molar-refractivity contribution in [3.63, 3.8) is 0 Å². The highest BCUT2D eigenvalue weighted by Crippen LogP contribution is 2.42. The number of aryl methyl sites for hydroxylation is 3. The molecule has 2 fully saturated rings. The first-order valence-corrected chi connectivity index (χ1v) is 48.3. The Kier molecular flexibility index (Phi) is 35.9. The molecule has 4 aromatic carbocycles. The normalized spacial score (nSPS) is 14.1. The number of aromatic nitrogens is 4. The molecule has 0 bridgehead atoms. The number of ether oxygens (including phenoxy) is 5. The number of methoxy groups -OCH3 is 4. The van der Waals surface area contributed by atoms with E-state index >= 15 is 0 Å². The molecular weight excluding hydrogens is 1980 g/mol. The van der Waals surface area contributed by atoms with E-state index in [0.717, 1.165) is 134 Å². The van der Waals surface area contributed by atoms with Gasteiger partial charge in [0.1, 0.15) is 62.2 Å². The maximum absolute atomic E-state index is 11.8. The first-order chi connectivity index (χ1) is 61.9. The van der Waals surface area contributed by atoms with Crippen LogP contribution in [0, 0.1) is 59.1 Å². The zero-order valence-electron chi connectivity index (χ0n) is 76.6. The fraction of sp³-hybridized carbons (Fsp3) is 0.296. The summed E-state index contributed by atoms with van der Waals surface area (Å²) in [7, 11) is 6.75. The van der Waals surface area contributed by atoms with Crippen molar-refractivity contribution in [3.8, 4) is 73.5 Å². The predicted molar refractivity (Wildman–Crippen MR) is 539 cm³/mol. The number of aromatic hydroxyl groups is 2. The lowest BCUT2D eigenvalue weighted by atomic mass is 9.77. The molecule has 22 nitrogen and oxygen atoms in total. The molecule has 12 heterocycles. The van der Waals surface area contributed by atoms with Gasteiger partial charge in [0, 0.05) is 72.4 Å². The Morgan fingerprint density at radius 3 is 1.31 bits per heavy atom. The first kappa shape index (κ1) is 104. The van der Waals surface area contributed by atoms with Gasteiger partial charge in [0.25, 0.3) is 0 Å². The Hall–Kier alpha value is -9.55. The molecule has 3 N–H and O–H groups in total. The third-order valence-corrected chi connectivity index (χ3v) is 30.0. The SMILES string of the molecule is COC(=O)c1scc(-c2cccc(-c3cc(C)ccc3O)n2)c1C.COC(=O)c1scc(-c2cccc(Cl)n2)c1C.COC(=O)c1scc(B2OC(C)(C)C(C)(C)O2)c1C.COC(=O)c1scc(Br)c1C.Cc1ccc(O)c(B2OC(C)(C)C(C)(C)O2)c1.Cc1ccc(OCc2ccc3c(c2)CCN(C)C3)c(-c2cccc(-c3csc(C(=O)O)c3C)n2)c1.Clc1cccc(I)n1. The van der Waals surface area contributed by atoms with Gasteiger partial charge in [-0.2, -0.15) is 0 Å². The number of pyridine rings is 4. The number of benzene rings is 4. The predicted octanol–water partition coefficient (Wildman–Crippen LogP) is 23.6. The average molecular weight is 2080 g/mol. The lowest BCUT2D eigenvalue weighted by molar-refractivity contribution is 0.00578. The summed E-state index contributed by atoms with van der Waals surface area (Å²) >= 11 is 23.5. The summed E-state index contributed by atoms with van der Waals surface area (Å²) < 4.78 is 50.9. The highest BCUT2D eigenvalue weighted by atomic mass is 127. The van der Waals surface area contributed by atoms with Crippen molar-refractivity contribution < 1.29 is 81.6 Å². The molecule has 13 aromatic rings. The second-order valence-corrected chi connectivity index (χ2v) is 40.0. The van der Waals surface area contributed by atoms with Gasteiger partial charge in [0.2, 0.25) is 0 Å². The number of hydrogen-bond donors (Lipinski definition) is 3. The number of hydrogen-bond acceptors (Lipinski definition) is 26. The molecule has 131 heavy (non-hydrogen) atoms. The fourth-order valence-electron chi connectivity index (χ4n) is 13.5. The highest BCUT2D eigenvalue weighted by molar-refractivity contribution is 14.1. The quantitative estimate of drug-likeness (QED) is 0.0283. The number of likely N-dealkylation sites (N-methyl/N-ethyl adjacent to an activating group) is 1. The summed E-state index contributed by atoms with van der Waals surface area (Å²) in [6, 6.07) is 46.1. The Bertz CT molecular complexity index is 6240. The number of rotatable bonds is 15. The van der Waals surface area contributed by atoms with E-state index in [2.05, 4.69) is 101 Å². The van der Waals surface area contributed by atoms with Crippen molar-refractivity contribution in [2.24, 2.45) is 0 Å². The molecule has 0 aliphatic carbocycles. The van der Waals surface area contributed by atoms with E-state index in [4.69, 9.17) is 65.8 Å². The number of phenolic OH excluding ortho intramolecular Hbond substituents is 2. The Labute approximate surface area is 817 Å². The number of carboxylic acids is 1. The van der Waals surface area contributed by atoms with Crippen LogP contribution in [0.2, 0.25) is 10.3 Å². The number of carboxylic acid groups (broad SMARTS) is 1. The van der Waals surface area contributed by atoms with Crippen LogP contribution in [0.5, 0.6) is 17.2 Å². The number of carbonyl (C=O) groups excluding carboxylic acids is 4. The molecule has 3 aliphatic rings. The van der Waals surface area contributed by atoms with Crippen molar-refractivity contribution in [1.29, 1.82) is 0 Å². The number of thiophene rings is 5. The Balaban J connectivity index is 0.000000165. The number of fused-ring (bicyclic) bond motifs is 1. The fourth-order valence-corrected chi connectivity index (χ4v) is 19.8. The zero-order chi connectivity index (χ0) is 95.9. The Morgan fingerprint density at radius 1 is 0.450 bits per heavy atom. The number of aromatic carboxylic acids is 1. The maximum atomic E-state index is 11.8. The molecule has 0 spiro atoms. The van der Waals surface area contributed by atoms with Crippen LogP contribution in [-0.2, 0) is 57.1 Å². The topological polar surface area (TPSA) is 284 Å². The van der Waals surface area contributed by atoms with Gasteiger partial charge in [-0.3, -0.25) is 0 Å². The van der Waals surface area contributed by atoms with Crippen LogP contribution < -0.4 is 15.7 Å². The lowest BCUT2D eigenvalue weighted by Crippen LogP contribution is -2.41. The first-order valence-electron chi connectivity index (χ1n) is 41.2. The monoisotopic (exact) mass is 2080 g/mol. The van der Waals surface area contributed by atoms with Crippen molar-refractivity contribution in [2.45, 2.75) is 153 Å². The van der Waals surface area contributed by atoms with Gasteiger partial charge in [-0.15, -0.1) is 56.7 Å². The van der Waals surface area contributed by atoms with Crippen LogP contribution in [-0.4, -0.2) is 149 Å². The summed E-state index contributed by atoms with van der Waals surface area (Å²) in [6.45, 7) is 34.0. The van der Waals surface area contributed by atoms with E-state index in [1.165, 1.54) is 96.3 Å². The number of phenols is 2. The summed E-state index contributed by atoms with van der Waals surface area (Å²) in [6.07, 6.45) is 1.07. The van der Waals surface area contributed by atoms with Crippen LogP contribution in [0.3, 0.4) is 0 Å². The van der Waals surface area contributed by atoms with Gasteiger partial charge >= 0.3 is 44.1 Å². The lowest BCUT2D eigenvalue weighted by Gasteiger charge is -2.32. The molecule has 0 amide bonds. The van der Waals surface area contributed by atoms with E-state index in [1.54, 1.807) is 24.3 Å². The second-order valence-electron chi connectivity index (χ2n) is 32.8. The molecule has 33 heteroatoms. The number of esters is 4. The third kappa shape index (κ3) is 25.9. The van der Waals surface area contributed by atoms with Crippen molar-refractivity contribution >= 4 is 173 Å². The van der Waals surface area contributed by atoms with Crippen molar-refractivity contribution in [1.82, 2.24) is 24.8 Å². The average Bonchev–Trinajstić information content (AvgIpc) is 1.62. The molecule has 0 saturated carbocycles. The molecule has 16 rings (SSSR count). The van der Waals surface area contributed by atoms with Gasteiger partial charge in [-0.05, 0) is 297 Å². The molecule has 9 aromatic heterocycles. The Morgan fingerprint density at radius 2 is 0.847 bits per heavy atom. The smallest absolute Gasteiger partial charge is 0.498 e. The molecule has 0 unspecified atom stereocenters. The van der Waals surface area contributed by atoms with Crippen molar-refractivity contribution in [3.05, 3.63) is 277 Å². The van der Waals surface area contributed by atoms with E-state index in [9.17, 15) is 39.3 Å². The van der Waals surface area contributed by atoms with Gasteiger partial charge in [0.05, 0.1) is 79.3 Å². The molecule has 686 valence electrons. The largest absolute Gasteiger partial charge is 0.508 e. The molecule has 2 saturated heterocycles. The molecule has 0 radical (unpaired) electrons. The minimum atomic E-state index is -0.904. The van der Waals surface area contributed by atoms with E-state index in [1.807, 2.05) is 228 Å². The molecule has 0 atom stereocenters. The summed E-state index contributed by atoms with van der Waals surface area (Å²) in [5.41, 5.74) is 19.7. The zero-order valence-corrected chi connectivity index (χ0v) is 85.9. The van der Waals surface area contributed by atoms with Gasteiger partial charge < -0.3 is 62.5 Å². The summed E-state index contributed by atoms with van der Waals surface area (Å²) in [5.74, 6) is -0.943. The van der Waals surface area contributed by atoms with Crippen LogP contribution in [0.25, 0.3) is 56.3 Å².